The summed E-state index contributed by atoms with van der Waals surface area (Å²) in [6, 6.07) is 1.98. The summed E-state index contributed by atoms with van der Waals surface area (Å²) in [6.07, 6.45) is 4.10. The molecule has 2 rings (SSSR count). The SMILES string of the molecule is NC(=O)c1cnccc1N1CCC(N)C1. The van der Waals surface area contributed by atoms with Gasteiger partial charge < -0.3 is 16.4 Å². The third-order valence-electron chi connectivity index (χ3n) is 2.63. The lowest BCUT2D eigenvalue weighted by Crippen LogP contribution is -2.28. The summed E-state index contributed by atoms with van der Waals surface area (Å²) in [5.74, 6) is -0.446. The zero-order valence-electron chi connectivity index (χ0n) is 8.39. The van der Waals surface area contributed by atoms with Crippen molar-refractivity contribution in [3.63, 3.8) is 0 Å². The van der Waals surface area contributed by atoms with Crippen LogP contribution in [-0.2, 0) is 0 Å². The zero-order valence-corrected chi connectivity index (χ0v) is 8.39. The molecule has 1 aliphatic rings. The summed E-state index contributed by atoms with van der Waals surface area (Å²) in [5.41, 5.74) is 12.4. The minimum atomic E-state index is -0.446. The Labute approximate surface area is 88.1 Å². The summed E-state index contributed by atoms with van der Waals surface area (Å²) < 4.78 is 0. The van der Waals surface area contributed by atoms with E-state index in [2.05, 4.69) is 9.88 Å². The van der Waals surface area contributed by atoms with Gasteiger partial charge in [0, 0.05) is 31.5 Å². The number of hydrogen-bond acceptors (Lipinski definition) is 4. The van der Waals surface area contributed by atoms with Crippen LogP contribution >= 0.6 is 0 Å². The highest BCUT2D eigenvalue weighted by Crippen LogP contribution is 2.22. The maximum absolute atomic E-state index is 11.2. The van der Waals surface area contributed by atoms with Gasteiger partial charge in [-0.25, -0.2) is 0 Å². The van der Waals surface area contributed by atoms with E-state index in [1.165, 1.54) is 6.20 Å². The molecule has 0 aromatic carbocycles. The van der Waals surface area contributed by atoms with Crippen LogP contribution in [0.1, 0.15) is 16.8 Å². The van der Waals surface area contributed by atoms with E-state index in [1.54, 1.807) is 12.3 Å². The van der Waals surface area contributed by atoms with E-state index < -0.39 is 5.91 Å². The van der Waals surface area contributed by atoms with Crippen LogP contribution in [0.2, 0.25) is 0 Å². The van der Waals surface area contributed by atoms with Crippen LogP contribution in [0.25, 0.3) is 0 Å². The number of nitrogens with two attached hydrogens (primary N) is 2. The van der Waals surface area contributed by atoms with Crippen molar-refractivity contribution in [2.75, 3.05) is 18.0 Å². The van der Waals surface area contributed by atoms with Crippen molar-refractivity contribution in [2.45, 2.75) is 12.5 Å². The summed E-state index contributed by atoms with van der Waals surface area (Å²) in [4.78, 5) is 17.2. The van der Waals surface area contributed by atoms with Crippen molar-refractivity contribution in [1.82, 2.24) is 4.98 Å². The molecule has 1 unspecified atom stereocenters. The molecule has 1 saturated heterocycles. The maximum atomic E-state index is 11.2. The average Bonchev–Trinajstić information content (AvgIpc) is 2.65. The van der Waals surface area contributed by atoms with Crippen LogP contribution in [0, 0.1) is 0 Å². The molecule has 1 aromatic rings. The molecule has 0 radical (unpaired) electrons. The normalized spacial score (nSPS) is 20.6. The van der Waals surface area contributed by atoms with Crippen LogP contribution < -0.4 is 16.4 Å². The molecule has 15 heavy (non-hydrogen) atoms. The molecule has 0 aliphatic carbocycles. The molecule has 1 amide bonds. The number of anilines is 1. The second-order valence-electron chi connectivity index (χ2n) is 3.75. The molecule has 1 fully saturated rings. The first-order valence-electron chi connectivity index (χ1n) is 4.93. The molecule has 0 bridgehead atoms. The van der Waals surface area contributed by atoms with Gasteiger partial charge in [0.1, 0.15) is 0 Å². The first-order valence-corrected chi connectivity index (χ1v) is 4.93. The summed E-state index contributed by atoms with van der Waals surface area (Å²) in [7, 11) is 0. The highest BCUT2D eigenvalue weighted by Gasteiger charge is 2.22. The second-order valence-corrected chi connectivity index (χ2v) is 3.75. The van der Waals surface area contributed by atoms with Gasteiger partial charge in [0.05, 0.1) is 11.3 Å². The highest BCUT2D eigenvalue weighted by atomic mass is 16.1. The van der Waals surface area contributed by atoms with E-state index in [0.717, 1.165) is 25.2 Å². The van der Waals surface area contributed by atoms with E-state index in [4.69, 9.17) is 11.5 Å². The van der Waals surface area contributed by atoms with Crippen LogP contribution in [0.5, 0.6) is 0 Å². The van der Waals surface area contributed by atoms with Crippen LogP contribution in [-0.4, -0.2) is 30.0 Å². The lowest BCUT2D eigenvalue weighted by atomic mass is 10.2. The van der Waals surface area contributed by atoms with Gasteiger partial charge in [-0.1, -0.05) is 0 Å². The Morgan fingerprint density at radius 3 is 3.00 bits per heavy atom. The third-order valence-corrected chi connectivity index (χ3v) is 2.63. The third kappa shape index (κ3) is 1.92. The van der Waals surface area contributed by atoms with Gasteiger partial charge in [0.25, 0.3) is 5.91 Å². The van der Waals surface area contributed by atoms with E-state index in [9.17, 15) is 4.79 Å². The minimum absolute atomic E-state index is 0.180. The smallest absolute Gasteiger partial charge is 0.252 e. The predicted octanol–water partition coefficient (Wildman–Crippen LogP) is -0.282. The standard InChI is InChI=1S/C10H14N4O/c11-7-2-4-14(6-7)9-1-3-13-5-8(9)10(12)15/h1,3,5,7H,2,4,6,11H2,(H2,12,15). The fourth-order valence-electron chi connectivity index (χ4n) is 1.86. The largest absolute Gasteiger partial charge is 0.369 e. The van der Waals surface area contributed by atoms with E-state index in [-0.39, 0.29) is 6.04 Å². The number of nitrogens with zero attached hydrogens (tertiary/aromatic N) is 2. The Morgan fingerprint density at radius 1 is 1.60 bits per heavy atom. The van der Waals surface area contributed by atoms with Gasteiger partial charge in [0.2, 0.25) is 0 Å². The van der Waals surface area contributed by atoms with Crippen LogP contribution in [0.3, 0.4) is 0 Å². The summed E-state index contributed by atoms with van der Waals surface area (Å²) >= 11 is 0. The maximum Gasteiger partial charge on any atom is 0.252 e. The molecule has 0 spiro atoms. The molecule has 1 atom stereocenters. The first-order chi connectivity index (χ1) is 7.18. The molecule has 5 nitrogen and oxygen atoms in total. The monoisotopic (exact) mass is 206 g/mol. The fourth-order valence-corrected chi connectivity index (χ4v) is 1.86. The Balaban J connectivity index is 2.31. The molecule has 80 valence electrons. The average molecular weight is 206 g/mol. The van der Waals surface area contributed by atoms with Crippen molar-refractivity contribution in [3.05, 3.63) is 24.0 Å². The molecule has 1 aromatic heterocycles. The Hall–Kier alpha value is -1.62. The quantitative estimate of drug-likeness (QED) is 0.696. The summed E-state index contributed by atoms with van der Waals surface area (Å²) in [5, 5.41) is 0. The molecule has 1 aliphatic heterocycles. The summed E-state index contributed by atoms with van der Waals surface area (Å²) in [6.45, 7) is 1.63. The number of pyridine rings is 1. The zero-order chi connectivity index (χ0) is 10.8. The van der Waals surface area contributed by atoms with Gasteiger partial charge in [-0.3, -0.25) is 9.78 Å². The Bertz CT molecular complexity index is 379. The lowest BCUT2D eigenvalue weighted by Gasteiger charge is -2.19. The van der Waals surface area contributed by atoms with E-state index in [1.807, 2.05) is 0 Å². The molecule has 2 heterocycles. The number of carbonyl (C=O) groups is 1. The van der Waals surface area contributed by atoms with Crippen LogP contribution in [0.15, 0.2) is 18.5 Å². The highest BCUT2D eigenvalue weighted by molar-refractivity contribution is 5.98. The first kappa shape index (κ1) is 9.92. The van der Waals surface area contributed by atoms with E-state index >= 15 is 0 Å². The van der Waals surface area contributed by atoms with E-state index in [0.29, 0.717) is 5.56 Å². The lowest BCUT2D eigenvalue weighted by molar-refractivity contribution is 0.100. The van der Waals surface area contributed by atoms with Gasteiger partial charge in [-0.2, -0.15) is 0 Å². The van der Waals surface area contributed by atoms with Crippen molar-refractivity contribution in [1.29, 1.82) is 0 Å². The molecule has 5 heteroatoms. The second kappa shape index (κ2) is 3.86. The van der Waals surface area contributed by atoms with Gasteiger partial charge in [-0.05, 0) is 12.5 Å². The number of carbonyl (C=O) groups excluding carboxylic acids is 1. The van der Waals surface area contributed by atoms with Crippen LogP contribution in [0.4, 0.5) is 5.69 Å². The molecular formula is C10H14N4O. The number of aromatic nitrogens is 1. The minimum Gasteiger partial charge on any atom is -0.369 e. The fraction of sp³-hybridized carbons (Fsp3) is 0.400. The van der Waals surface area contributed by atoms with Crippen molar-refractivity contribution >= 4 is 11.6 Å². The molecule has 4 N–H and O–H groups in total. The molecular weight excluding hydrogens is 192 g/mol. The predicted molar refractivity (Wildman–Crippen MR) is 57.6 cm³/mol. The van der Waals surface area contributed by atoms with Crippen molar-refractivity contribution < 1.29 is 4.79 Å². The number of primary amides is 1. The Morgan fingerprint density at radius 2 is 2.40 bits per heavy atom. The van der Waals surface area contributed by atoms with Crippen molar-refractivity contribution in [2.24, 2.45) is 11.5 Å². The van der Waals surface area contributed by atoms with Crippen molar-refractivity contribution in [3.8, 4) is 0 Å². The number of rotatable bonds is 2. The van der Waals surface area contributed by atoms with Gasteiger partial charge >= 0.3 is 0 Å². The number of amides is 1. The van der Waals surface area contributed by atoms with Gasteiger partial charge in [0.15, 0.2) is 0 Å². The number of hydrogen-bond donors (Lipinski definition) is 2. The topological polar surface area (TPSA) is 85.2 Å². The van der Waals surface area contributed by atoms with Gasteiger partial charge in [-0.15, -0.1) is 0 Å². The molecule has 0 saturated carbocycles. The Kier molecular flexibility index (Phi) is 2.55.